The number of hydrogen-bond acceptors (Lipinski definition) is 5. The van der Waals surface area contributed by atoms with Gasteiger partial charge in [-0.2, -0.15) is 5.10 Å². The smallest absolute Gasteiger partial charge is 0.323 e. The number of halogens is 1. The summed E-state index contributed by atoms with van der Waals surface area (Å²) in [6.07, 6.45) is 0.288. The monoisotopic (exact) mass is 468 g/mol. The van der Waals surface area contributed by atoms with E-state index >= 15 is 0 Å². The summed E-state index contributed by atoms with van der Waals surface area (Å²) < 4.78 is 17.9. The van der Waals surface area contributed by atoms with E-state index in [0.717, 1.165) is 10.0 Å². The van der Waals surface area contributed by atoms with Crippen LogP contribution in [0.15, 0.2) is 88.4 Å². The van der Waals surface area contributed by atoms with Gasteiger partial charge in [0, 0.05) is 10.0 Å². The molecule has 0 saturated carbocycles. The third-order valence-corrected chi connectivity index (χ3v) is 4.33. The van der Waals surface area contributed by atoms with Gasteiger partial charge >= 0.3 is 12.2 Å². The van der Waals surface area contributed by atoms with Crippen molar-refractivity contribution < 1.29 is 19.0 Å². The van der Waals surface area contributed by atoms with Crippen LogP contribution in [-0.4, -0.2) is 25.0 Å². The summed E-state index contributed by atoms with van der Waals surface area (Å²) in [5.41, 5.74) is 3.19. The second kappa shape index (κ2) is 11.0. The van der Waals surface area contributed by atoms with Crippen LogP contribution in [0.3, 0.4) is 0 Å². The van der Waals surface area contributed by atoms with Gasteiger partial charge in [-0.15, -0.1) is 0 Å². The van der Waals surface area contributed by atoms with Gasteiger partial charge in [0.2, 0.25) is 0 Å². The van der Waals surface area contributed by atoms with Crippen LogP contribution in [0, 0.1) is 0 Å². The van der Waals surface area contributed by atoms with Crippen molar-refractivity contribution in [2.45, 2.75) is 13.2 Å². The molecule has 6 nitrogen and oxygen atoms in total. The quantitative estimate of drug-likeness (QED) is 0.278. The van der Waals surface area contributed by atoms with Crippen molar-refractivity contribution in [3.05, 3.63) is 88.9 Å². The molecule has 30 heavy (non-hydrogen) atoms. The number of para-hydroxylation sites is 2. The second-order valence-electron chi connectivity index (χ2n) is 6.04. The maximum absolute atomic E-state index is 12.7. The lowest BCUT2D eigenvalue weighted by atomic mass is 10.2. The minimum Gasteiger partial charge on any atom is -0.493 e. The number of nitrogens with zero attached hydrogens (tertiary/aromatic N) is 1. The van der Waals surface area contributed by atoms with Gasteiger partial charge in [0.25, 0.3) is 0 Å². The zero-order chi connectivity index (χ0) is 21.2. The van der Waals surface area contributed by atoms with Gasteiger partial charge in [0.05, 0.1) is 12.8 Å². The molecule has 0 atom stereocenters. The Labute approximate surface area is 183 Å². The van der Waals surface area contributed by atoms with E-state index < -0.39 is 12.2 Å². The molecule has 0 aliphatic rings. The van der Waals surface area contributed by atoms with Crippen LogP contribution in [0.25, 0.3) is 0 Å². The van der Waals surface area contributed by atoms with Crippen molar-refractivity contribution in [3.63, 3.8) is 0 Å². The maximum atomic E-state index is 12.7. The summed E-state index contributed by atoms with van der Waals surface area (Å²) in [7, 11) is 0. The number of carbonyl (C=O) groups is 1. The van der Waals surface area contributed by atoms with E-state index in [1.165, 1.54) is 6.21 Å². The van der Waals surface area contributed by atoms with E-state index in [2.05, 4.69) is 26.5 Å². The number of ether oxygens (including phenoxy) is 3. The fourth-order valence-electron chi connectivity index (χ4n) is 2.50. The molecule has 0 saturated heterocycles. The van der Waals surface area contributed by atoms with Crippen LogP contribution in [-0.2, 0) is 4.79 Å². The lowest BCUT2D eigenvalue weighted by Crippen LogP contribution is -2.40. The summed E-state index contributed by atoms with van der Waals surface area (Å²) in [4.78, 5) is 12.7. The molecule has 0 radical (unpaired) electrons. The van der Waals surface area contributed by atoms with E-state index in [0.29, 0.717) is 23.9 Å². The molecule has 7 heteroatoms. The predicted octanol–water partition coefficient (Wildman–Crippen LogP) is 4.78. The summed E-state index contributed by atoms with van der Waals surface area (Å²) in [6, 6.07) is 23.5. The zero-order valence-corrected chi connectivity index (χ0v) is 17.9. The fourth-order valence-corrected chi connectivity index (χ4v) is 2.88. The number of carbonyl (C=O) groups excluding carboxylic acids is 1. The topological polar surface area (TPSA) is 69.2 Å². The Morgan fingerprint density at radius 3 is 2.17 bits per heavy atom. The zero-order valence-electron chi connectivity index (χ0n) is 16.3. The molecule has 0 spiro atoms. The lowest BCUT2D eigenvalue weighted by molar-refractivity contribution is -0.140. The third-order valence-electron chi connectivity index (χ3n) is 3.84. The molecule has 3 aromatic rings. The molecule has 0 unspecified atom stereocenters. The van der Waals surface area contributed by atoms with Crippen molar-refractivity contribution >= 4 is 28.1 Å². The molecular formula is C23H21BrN2O4. The molecule has 154 valence electrons. The number of benzene rings is 3. The van der Waals surface area contributed by atoms with E-state index in [1.54, 1.807) is 24.3 Å². The SMILES string of the molecule is CCOc1ccc(Br)cc1/C=N\NC(=O)C(Oc1ccccc1)Oc1ccccc1. The number of rotatable bonds is 9. The van der Waals surface area contributed by atoms with E-state index in [-0.39, 0.29) is 0 Å². The Hall–Kier alpha value is -3.32. The van der Waals surface area contributed by atoms with Crippen molar-refractivity contribution in [3.8, 4) is 17.2 Å². The molecule has 0 aromatic heterocycles. The van der Waals surface area contributed by atoms with E-state index in [9.17, 15) is 4.79 Å². The van der Waals surface area contributed by atoms with Crippen LogP contribution in [0.2, 0.25) is 0 Å². The molecule has 3 rings (SSSR count). The largest absolute Gasteiger partial charge is 0.493 e. The molecule has 0 fully saturated rings. The summed E-state index contributed by atoms with van der Waals surface area (Å²) in [5.74, 6) is 1.12. The first-order valence-corrected chi connectivity index (χ1v) is 10.1. The lowest BCUT2D eigenvalue weighted by Gasteiger charge is -2.18. The molecule has 3 aromatic carbocycles. The third kappa shape index (κ3) is 6.35. The van der Waals surface area contributed by atoms with Crippen LogP contribution >= 0.6 is 15.9 Å². The Morgan fingerprint density at radius 2 is 1.60 bits per heavy atom. The van der Waals surface area contributed by atoms with Gasteiger partial charge in [-0.3, -0.25) is 4.79 Å². The number of hydrogen-bond donors (Lipinski definition) is 1. The Bertz CT molecular complexity index is 940. The molecule has 1 amide bonds. The Morgan fingerprint density at radius 1 is 1.00 bits per heavy atom. The van der Waals surface area contributed by atoms with E-state index in [1.807, 2.05) is 61.5 Å². The highest BCUT2D eigenvalue weighted by molar-refractivity contribution is 9.10. The first kappa shape index (κ1) is 21.4. The standard InChI is InChI=1S/C23H21BrN2O4/c1-2-28-21-14-13-18(24)15-17(21)16-25-26-22(27)23(29-19-9-5-3-6-10-19)30-20-11-7-4-8-12-20/h3-16,23H,2H2,1H3,(H,26,27)/b25-16-. The molecule has 0 bridgehead atoms. The van der Waals surface area contributed by atoms with E-state index in [4.69, 9.17) is 14.2 Å². The van der Waals surface area contributed by atoms with Gasteiger partial charge in [-0.25, -0.2) is 5.43 Å². The Kier molecular flexibility index (Phi) is 7.86. The van der Waals surface area contributed by atoms with Crippen molar-refractivity contribution in [2.24, 2.45) is 5.10 Å². The minimum absolute atomic E-state index is 0.503. The summed E-state index contributed by atoms with van der Waals surface area (Å²) in [6.45, 7) is 2.42. The van der Waals surface area contributed by atoms with Gasteiger partial charge in [0.15, 0.2) is 0 Å². The molecule has 1 N–H and O–H groups in total. The second-order valence-corrected chi connectivity index (χ2v) is 6.96. The molecule has 0 aliphatic carbocycles. The highest BCUT2D eigenvalue weighted by atomic mass is 79.9. The van der Waals surface area contributed by atoms with Crippen molar-refractivity contribution in [1.82, 2.24) is 5.43 Å². The molecule has 0 aliphatic heterocycles. The predicted molar refractivity (Wildman–Crippen MR) is 119 cm³/mol. The number of amides is 1. The fraction of sp³-hybridized carbons (Fsp3) is 0.130. The highest BCUT2D eigenvalue weighted by Gasteiger charge is 2.22. The van der Waals surface area contributed by atoms with Crippen molar-refractivity contribution in [1.29, 1.82) is 0 Å². The minimum atomic E-state index is -1.22. The summed E-state index contributed by atoms with van der Waals surface area (Å²) >= 11 is 3.42. The van der Waals surface area contributed by atoms with Gasteiger partial charge in [0.1, 0.15) is 17.2 Å². The van der Waals surface area contributed by atoms with Crippen LogP contribution in [0.1, 0.15) is 12.5 Å². The Balaban J connectivity index is 1.73. The average molecular weight is 469 g/mol. The van der Waals surface area contributed by atoms with Gasteiger partial charge < -0.3 is 14.2 Å². The van der Waals surface area contributed by atoms with Crippen molar-refractivity contribution in [2.75, 3.05) is 6.61 Å². The normalized spacial score (nSPS) is 10.8. The molecule has 0 heterocycles. The summed E-state index contributed by atoms with van der Waals surface area (Å²) in [5, 5.41) is 4.04. The maximum Gasteiger partial charge on any atom is 0.323 e. The average Bonchev–Trinajstić information content (AvgIpc) is 2.76. The number of nitrogens with one attached hydrogen (secondary N) is 1. The molecular weight excluding hydrogens is 448 g/mol. The van der Waals surface area contributed by atoms with Gasteiger partial charge in [-0.05, 0) is 49.4 Å². The van der Waals surface area contributed by atoms with Crippen LogP contribution < -0.4 is 19.6 Å². The number of hydrazone groups is 1. The van der Waals surface area contributed by atoms with Crippen LogP contribution in [0.5, 0.6) is 17.2 Å². The first-order chi connectivity index (χ1) is 14.7. The highest BCUT2D eigenvalue weighted by Crippen LogP contribution is 2.22. The van der Waals surface area contributed by atoms with Gasteiger partial charge in [-0.1, -0.05) is 52.3 Å². The first-order valence-electron chi connectivity index (χ1n) is 9.34. The van der Waals surface area contributed by atoms with Crippen LogP contribution in [0.4, 0.5) is 0 Å².